The fraction of sp³-hybridized carbons (Fsp3) is 0.0870. The molecule has 0 atom stereocenters. The van der Waals surface area contributed by atoms with Crippen LogP contribution in [0.5, 0.6) is 11.5 Å². The lowest BCUT2D eigenvalue weighted by molar-refractivity contribution is 0.284. The summed E-state index contributed by atoms with van der Waals surface area (Å²) in [5, 5.41) is 10.4. The van der Waals surface area contributed by atoms with E-state index in [9.17, 15) is 13.7 Å². The van der Waals surface area contributed by atoms with Gasteiger partial charge in [-0.05, 0) is 36.4 Å². The third kappa shape index (κ3) is 5.02. The van der Waals surface area contributed by atoms with Gasteiger partial charge in [-0.1, -0.05) is 59.6 Å². The number of allylic oxidation sites excluding steroid dienone is 1. The molecule has 0 N–H and O–H groups in total. The van der Waals surface area contributed by atoms with Crippen LogP contribution in [0, 0.1) is 11.3 Å². The largest absolute Gasteiger partial charge is 0.493 e. The molecule has 0 aliphatic heterocycles. The van der Waals surface area contributed by atoms with Crippen molar-refractivity contribution < 1.29 is 17.9 Å². The summed E-state index contributed by atoms with van der Waals surface area (Å²) in [4.78, 5) is -0.399. The number of hydrogen-bond acceptors (Lipinski definition) is 5. The maximum atomic E-state index is 12.9. The first-order valence-corrected chi connectivity index (χ1v) is 11.3. The van der Waals surface area contributed by atoms with Crippen LogP contribution in [-0.2, 0) is 16.4 Å². The molecule has 5 nitrogen and oxygen atoms in total. The molecule has 0 saturated heterocycles. The highest BCUT2D eigenvalue weighted by Crippen LogP contribution is 2.35. The Morgan fingerprint density at radius 2 is 1.65 bits per heavy atom. The monoisotopic (exact) mass is 473 g/mol. The zero-order valence-corrected chi connectivity index (χ0v) is 18.7. The highest BCUT2D eigenvalue weighted by atomic mass is 35.5. The van der Waals surface area contributed by atoms with Gasteiger partial charge in [0.2, 0.25) is 9.84 Å². The molecule has 3 rings (SSSR count). The molecule has 0 aromatic heterocycles. The SMILES string of the molecule is COc1cccc(/C=C(/C#N)S(=O)(=O)c2ccccc2)c1OCc1c(Cl)cccc1Cl. The van der Waals surface area contributed by atoms with Crippen molar-refractivity contribution in [2.24, 2.45) is 0 Å². The Kier molecular flexibility index (Phi) is 7.24. The molecular weight excluding hydrogens is 457 g/mol. The summed E-state index contributed by atoms with van der Waals surface area (Å²) in [6, 6.07) is 19.6. The Bertz CT molecular complexity index is 1250. The van der Waals surface area contributed by atoms with Gasteiger partial charge in [0.15, 0.2) is 11.5 Å². The van der Waals surface area contributed by atoms with E-state index in [0.29, 0.717) is 26.9 Å². The standard InChI is InChI=1S/C23H17Cl2NO4S/c1-29-22-12-5-7-16(23(22)30-15-19-20(24)10-6-11-21(19)25)13-18(14-26)31(27,28)17-8-3-2-4-9-17/h2-13H,15H2,1H3/b18-13-. The molecule has 0 radical (unpaired) electrons. The molecule has 0 amide bonds. The first-order chi connectivity index (χ1) is 14.9. The lowest BCUT2D eigenvalue weighted by atomic mass is 10.1. The van der Waals surface area contributed by atoms with Crippen LogP contribution in [0.1, 0.15) is 11.1 Å². The van der Waals surface area contributed by atoms with Crippen molar-refractivity contribution in [2.75, 3.05) is 7.11 Å². The third-order valence-electron chi connectivity index (χ3n) is 4.39. The van der Waals surface area contributed by atoms with E-state index < -0.39 is 14.7 Å². The van der Waals surface area contributed by atoms with Crippen LogP contribution in [-0.4, -0.2) is 15.5 Å². The summed E-state index contributed by atoms with van der Waals surface area (Å²) < 4.78 is 37.1. The van der Waals surface area contributed by atoms with Gasteiger partial charge in [0.05, 0.1) is 12.0 Å². The van der Waals surface area contributed by atoms with Crippen LogP contribution in [0.25, 0.3) is 6.08 Å². The Morgan fingerprint density at radius 1 is 1.00 bits per heavy atom. The molecule has 3 aromatic rings. The summed E-state index contributed by atoms with van der Waals surface area (Å²) in [5.74, 6) is 0.628. The number of rotatable bonds is 7. The van der Waals surface area contributed by atoms with Crippen molar-refractivity contribution in [1.82, 2.24) is 0 Å². The lowest BCUT2D eigenvalue weighted by Gasteiger charge is -2.15. The van der Waals surface area contributed by atoms with E-state index in [1.54, 1.807) is 60.7 Å². The summed E-state index contributed by atoms with van der Waals surface area (Å²) >= 11 is 12.4. The first-order valence-electron chi connectivity index (χ1n) is 9.03. The summed E-state index contributed by atoms with van der Waals surface area (Å²) in [7, 11) is -2.54. The molecule has 0 aliphatic rings. The number of nitrogens with zero attached hydrogens (tertiary/aromatic N) is 1. The molecular formula is C23H17Cl2NO4S. The topological polar surface area (TPSA) is 76.4 Å². The molecule has 158 valence electrons. The molecule has 0 bridgehead atoms. The second-order valence-electron chi connectivity index (χ2n) is 6.30. The fourth-order valence-electron chi connectivity index (χ4n) is 2.81. The maximum absolute atomic E-state index is 12.9. The van der Waals surface area contributed by atoms with Gasteiger partial charge in [0.25, 0.3) is 0 Å². The van der Waals surface area contributed by atoms with E-state index in [1.165, 1.54) is 25.3 Å². The zero-order valence-electron chi connectivity index (χ0n) is 16.4. The van der Waals surface area contributed by atoms with Crippen molar-refractivity contribution in [2.45, 2.75) is 11.5 Å². The first kappa shape index (κ1) is 22.7. The van der Waals surface area contributed by atoms with E-state index in [0.717, 1.165) is 0 Å². The summed E-state index contributed by atoms with van der Waals surface area (Å²) in [5.41, 5.74) is 0.933. The van der Waals surface area contributed by atoms with Crippen LogP contribution in [0.4, 0.5) is 0 Å². The predicted molar refractivity (Wildman–Crippen MR) is 121 cm³/mol. The van der Waals surface area contributed by atoms with Crippen LogP contribution in [0.3, 0.4) is 0 Å². The van der Waals surface area contributed by atoms with E-state index in [-0.39, 0.29) is 17.3 Å². The smallest absolute Gasteiger partial charge is 0.216 e. The van der Waals surface area contributed by atoms with Crippen molar-refractivity contribution in [1.29, 1.82) is 5.26 Å². The van der Waals surface area contributed by atoms with Crippen LogP contribution < -0.4 is 9.47 Å². The van der Waals surface area contributed by atoms with Crippen LogP contribution in [0.15, 0.2) is 76.5 Å². The molecule has 0 aliphatic carbocycles. The maximum Gasteiger partial charge on any atom is 0.216 e. The lowest BCUT2D eigenvalue weighted by Crippen LogP contribution is -2.04. The van der Waals surface area contributed by atoms with Crippen molar-refractivity contribution >= 4 is 39.1 Å². The predicted octanol–water partition coefficient (Wildman–Crippen LogP) is 5.92. The number of halogens is 2. The minimum Gasteiger partial charge on any atom is -0.493 e. The second kappa shape index (κ2) is 9.88. The Balaban J connectivity index is 2.04. The molecule has 0 heterocycles. The van der Waals surface area contributed by atoms with Crippen LogP contribution >= 0.6 is 23.2 Å². The minimum absolute atomic E-state index is 0.0209. The molecule has 0 saturated carbocycles. The van der Waals surface area contributed by atoms with Gasteiger partial charge in [-0.3, -0.25) is 0 Å². The van der Waals surface area contributed by atoms with Gasteiger partial charge < -0.3 is 9.47 Å². The van der Waals surface area contributed by atoms with Gasteiger partial charge in [-0.2, -0.15) is 5.26 Å². The van der Waals surface area contributed by atoms with Crippen molar-refractivity contribution in [3.8, 4) is 17.6 Å². The highest BCUT2D eigenvalue weighted by molar-refractivity contribution is 7.95. The van der Waals surface area contributed by atoms with E-state index in [1.807, 2.05) is 0 Å². The van der Waals surface area contributed by atoms with Crippen LogP contribution in [0.2, 0.25) is 10.0 Å². The van der Waals surface area contributed by atoms with Crippen molar-refractivity contribution in [3.63, 3.8) is 0 Å². The summed E-state index contributed by atoms with van der Waals surface area (Å²) in [6.45, 7) is 0.0209. The second-order valence-corrected chi connectivity index (χ2v) is 9.04. The van der Waals surface area contributed by atoms with Gasteiger partial charge in [0.1, 0.15) is 17.6 Å². The molecule has 8 heteroatoms. The molecule has 31 heavy (non-hydrogen) atoms. The van der Waals surface area contributed by atoms with Gasteiger partial charge in [0, 0.05) is 21.2 Å². The number of nitriles is 1. The number of para-hydroxylation sites is 1. The van der Waals surface area contributed by atoms with E-state index in [4.69, 9.17) is 32.7 Å². The molecule has 0 unspecified atom stereocenters. The normalized spacial score (nSPS) is 11.6. The highest BCUT2D eigenvalue weighted by Gasteiger charge is 2.22. The average Bonchev–Trinajstić information content (AvgIpc) is 2.78. The molecule has 0 fully saturated rings. The fourth-order valence-corrected chi connectivity index (χ4v) is 4.49. The Labute approximate surface area is 191 Å². The number of hydrogen-bond donors (Lipinski definition) is 0. The molecule has 3 aromatic carbocycles. The van der Waals surface area contributed by atoms with Gasteiger partial charge in [-0.15, -0.1) is 0 Å². The molecule has 0 spiro atoms. The van der Waals surface area contributed by atoms with Gasteiger partial charge in [-0.25, -0.2) is 8.42 Å². The number of sulfone groups is 1. The number of ether oxygens (including phenoxy) is 2. The van der Waals surface area contributed by atoms with Gasteiger partial charge >= 0.3 is 0 Å². The Morgan fingerprint density at radius 3 is 2.26 bits per heavy atom. The quantitative estimate of drug-likeness (QED) is 0.398. The number of benzene rings is 3. The number of methoxy groups -OCH3 is 1. The third-order valence-corrected chi connectivity index (χ3v) is 6.78. The Hall–Kier alpha value is -2.98. The average molecular weight is 474 g/mol. The van der Waals surface area contributed by atoms with Crippen molar-refractivity contribution in [3.05, 3.63) is 92.8 Å². The van der Waals surface area contributed by atoms with E-state index in [2.05, 4.69) is 0 Å². The summed E-state index contributed by atoms with van der Waals surface area (Å²) in [6.07, 6.45) is 1.26. The van der Waals surface area contributed by atoms with E-state index >= 15 is 0 Å². The minimum atomic E-state index is -4.00. The zero-order chi connectivity index (χ0) is 22.4.